The second-order valence-corrected chi connectivity index (χ2v) is 10.9. The second kappa shape index (κ2) is 10.2. The van der Waals surface area contributed by atoms with Gasteiger partial charge in [0, 0.05) is 34.8 Å². The van der Waals surface area contributed by atoms with Crippen LogP contribution in [0.25, 0.3) is 0 Å². The first-order valence-electron chi connectivity index (χ1n) is 10.4. The van der Waals surface area contributed by atoms with Gasteiger partial charge in [0.25, 0.3) is 0 Å². The predicted octanol–water partition coefficient (Wildman–Crippen LogP) is 1.86. The number of unbranched alkanes of at least 4 members (excludes halogenated alkanes) is 1. The summed E-state index contributed by atoms with van der Waals surface area (Å²) in [7, 11) is 0. The molecule has 2 fully saturated rings. The summed E-state index contributed by atoms with van der Waals surface area (Å²) in [5, 5.41) is 9.47. The van der Waals surface area contributed by atoms with E-state index in [-0.39, 0.29) is 34.9 Å². The minimum atomic E-state index is -0.108. The van der Waals surface area contributed by atoms with Crippen molar-refractivity contribution in [3.8, 4) is 0 Å². The molecule has 2 saturated heterocycles. The highest BCUT2D eigenvalue weighted by atomic mass is 32.2. The number of urea groups is 1. The van der Waals surface area contributed by atoms with Gasteiger partial charge >= 0.3 is 6.03 Å². The Balaban J connectivity index is 1.55. The van der Waals surface area contributed by atoms with Crippen molar-refractivity contribution >= 4 is 23.7 Å². The molecule has 8 heteroatoms. The average Bonchev–Trinajstić information content (AvgIpc) is 3.16. The molecule has 162 valence electrons. The number of nitrogens with one attached hydrogen (secondary N) is 3. The zero-order valence-corrected chi connectivity index (χ0v) is 18.6. The molecule has 0 radical (unpaired) electrons. The van der Waals surface area contributed by atoms with Crippen LogP contribution in [-0.2, 0) is 9.53 Å². The van der Waals surface area contributed by atoms with Crippen LogP contribution in [-0.4, -0.2) is 61.3 Å². The third kappa shape index (κ3) is 7.44. The lowest BCUT2D eigenvalue weighted by molar-refractivity contribution is -0.121. The maximum Gasteiger partial charge on any atom is 0.315 e. The Morgan fingerprint density at radius 3 is 2.64 bits per heavy atom. The lowest BCUT2D eigenvalue weighted by Crippen LogP contribution is -2.38. The standard InChI is InChI=1S/C20H38N4O3S/c1-19(2,10-21)12-27-13-20(3,4)11-22-16(25)8-6-5-7-15-17-14(9-28-15)23-18(26)24-17/h14-15,17H,5-13,21H2,1-4H3,(H,22,25)(H2,23,24,26)/t14-,15-,17-/m0/s1. The molecule has 28 heavy (non-hydrogen) atoms. The summed E-state index contributed by atoms with van der Waals surface area (Å²) in [6.45, 7) is 10.8. The van der Waals surface area contributed by atoms with Crippen LogP contribution in [0.4, 0.5) is 4.79 Å². The minimum Gasteiger partial charge on any atom is -0.380 e. The quantitative estimate of drug-likeness (QED) is 0.288. The van der Waals surface area contributed by atoms with Crippen molar-refractivity contribution in [3.63, 3.8) is 0 Å². The van der Waals surface area contributed by atoms with Gasteiger partial charge in [-0.2, -0.15) is 11.8 Å². The summed E-state index contributed by atoms with van der Waals surface area (Å²) in [6, 6.07) is 0.472. The van der Waals surface area contributed by atoms with E-state index in [2.05, 4.69) is 43.6 Å². The Labute approximate surface area is 173 Å². The Kier molecular flexibility index (Phi) is 8.45. The normalized spacial score (nSPS) is 24.6. The molecule has 0 bridgehead atoms. The molecule has 7 nitrogen and oxygen atoms in total. The van der Waals surface area contributed by atoms with Gasteiger partial charge in [-0.3, -0.25) is 4.79 Å². The highest BCUT2D eigenvalue weighted by Gasteiger charge is 2.42. The zero-order valence-electron chi connectivity index (χ0n) is 17.8. The lowest BCUT2D eigenvalue weighted by atomic mass is 9.93. The van der Waals surface area contributed by atoms with Gasteiger partial charge in [-0.25, -0.2) is 4.79 Å². The number of ether oxygens (including phenoxy) is 1. The van der Waals surface area contributed by atoms with Crippen molar-refractivity contribution in [2.24, 2.45) is 16.6 Å². The maximum atomic E-state index is 12.2. The van der Waals surface area contributed by atoms with Crippen molar-refractivity contribution in [1.29, 1.82) is 0 Å². The molecule has 2 rings (SSSR count). The fourth-order valence-corrected chi connectivity index (χ4v) is 4.96. The number of carbonyl (C=O) groups excluding carboxylic acids is 2. The van der Waals surface area contributed by atoms with Crippen LogP contribution in [0.5, 0.6) is 0 Å². The third-order valence-electron chi connectivity index (χ3n) is 5.38. The van der Waals surface area contributed by atoms with E-state index >= 15 is 0 Å². The Hall–Kier alpha value is -0.990. The van der Waals surface area contributed by atoms with E-state index < -0.39 is 0 Å². The molecule has 3 atom stereocenters. The van der Waals surface area contributed by atoms with Crippen molar-refractivity contribution in [1.82, 2.24) is 16.0 Å². The fourth-order valence-electron chi connectivity index (χ4n) is 3.41. The predicted molar refractivity (Wildman–Crippen MR) is 114 cm³/mol. The topological polar surface area (TPSA) is 105 Å². The summed E-state index contributed by atoms with van der Waals surface area (Å²) in [5.74, 6) is 1.08. The first-order valence-corrected chi connectivity index (χ1v) is 11.4. The summed E-state index contributed by atoms with van der Waals surface area (Å²) in [4.78, 5) is 23.6. The molecule has 0 unspecified atom stereocenters. The van der Waals surface area contributed by atoms with Crippen molar-refractivity contribution < 1.29 is 14.3 Å². The molecule has 0 spiro atoms. The third-order valence-corrected chi connectivity index (χ3v) is 6.89. The van der Waals surface area contributed by atoms with Crippen molar-refractivity contribution in [2.75, 3.05) is 32.1 Å². The number of amides is 3. The first kappa shape index (κ1) is 23.3. The summed E-state index contributed by atoms with van der Waals surface area (Å²) in [6.07, 6.45) is 3.47. The molecule has 0 aromatic heterocycles. The van der Waals surface area contributed by atoms with Crippen molar-refractivity contribution in [2.45, 2.75) is 70.7 Å². The van der Waals surface area contributed by atoms with E-state index in [0.29, 0.717) is 38.0 Å². The van der Waals surface area contributed by atoms with Gasteiger partial charge < -0.3 is 26.4 Å². The van der Waals surface area contributed by atoms with Gasteiger partial charge in [-0.05, 0) is 19.4 Å². The smallest absolute Gasteiger partial charge is 0.315 e. The number of carbonyl (C=O) groups is 2. The molecule has 0 saturated carbocycles. The monoisotopic (exact) mass is 414 g/mol. The van der Waals surface area contributed by atoms with Gasteiger partial charge in [-0.15, -0.1) is 0 Å². The minimum absolute atomic E-state index is 0.0195. The molecule has 3 amide bonds. The lowest BCUT2D eigenvalue weighted by Gasteiger charge is -2.28. The van der Waals surface area contributed by atoms with Crippen LogP contribution in [0, 0.1) is 10.8 Å². The van der Waals surface area contributed by atoms with Crippen LogP contribution in [0.15, 0.2) is 0 Å². The highest BCUT2D eigenvalue weighted by Crippen LogP contribution is 2.33. The van der Waals surface area contributed by atoms with Crippen LogP contribution >= 0.6 is 11.8 Å². The number of hydrogen-bond donors (Lipinski definition) is 4. The number of nitrogens with two attached hydrogens (primary N) is 1. The van der Waals surface area contributed by atoms with Gasteiger partial charge in [0.05, 0.1) is 25.3 Å². The van der Waals surface area contributed by atoms with Crippen LogP contribution in [0.1, 0.15) is 53.4 Å². The van der Waals surface area contributed by atoms with Crippen LogP contribution < -0.4 is 21.7 Å². The summed E-state index contributed by atoms with van der Waals surface area (Å²) in [5.41, 5.74) is 5.60. The maximum absolute atomic E-state index is 12.2. The van der Waals surface area contributed by atoms with Gasteiger partial charge in [0.15, 0.2) is 0 Å². The SMILES string of the molecule is CC(C)(CN)COCC(C)(C)CNC(=O)CCCC[C@@H]1SC[C@@H]2NC(=O)N[C@@H]21. The number of thioether (sulfide) groups is 1. The van der Waals surface area contributed by atoms with E-state index in [4.69, 9.17) is 10.5 Å². The van der Waals surface area contributed by atoms with Crippen molar-refractivity contribution in [3.05, 3.63) is 0 Å². The largest absolute Gasteiger partial charge is 0.380 e. The van der Waals surface area contributed by atoms with E-state index in [1.165, 1.54) is 0 Å². The van der Waals surface area contributed by atoms with E-state index in [9.17, 15) is 9.59 Å². The Bertz CT molecular complexity index is 542. The molecule has 2 aliphatic rings. The number of rotatable bonds is 12. The van der Waals surface area contributed by atoms with E-state index in [1.54, 1.807) is 0 Å². The Morgan fingerprint density at radius 1 is 1.21 bits per heavy atom. The zero-order chi connectivity index (χ0) is 20.8. The highest BCUT2D eigenvalue weighted by molar-refractivity contribution is 8.00. The first-order chi connectivity index (χ1) is 13.1. The fraction of sp³-hybridized carbons (Fsp3) is 0.900. The van der Waals surface area contributed by atoms with E-state index in [0.717, 1.165) is 25.0 Å². The van der Waals surface area contributed by atoms with E-state index in [1.807, 2.05) is 11.8 Å². The molecule has 0 aliphatic carbocycles. The molecule has 0 aromatic carbocycles. The van der Waals surface area contributed by atoms with Crippen LogP contribution in [0.2, 0.25) is 0 Å². The molecular formula is C20H38N4O3S. The number of fused-ring (bicyclic) bond motifs is 1. The Morgan fingerprint density at radius 2 is 1.93 bits per heavy atom. The van der Waals surface area contributed by atoms with Gasteiger partial charge in [0.1, 0.15) is 0 Å². The average molecular weight is 415 g/mol. The molecular weight excluding hydrogens is 376 g/mol. The molecule has 2 aliphatic heterocycles. The molecule has 2 heterocycles. The molecule has 5 N–H and O–H groups in total. The number of hydrogen-bond acceptors (Lipinski definition) is 5. The molecule has 0 aromatic rings. The summed E-state index contributed by atoms with van der Waals surface area (Å²) < 4.78 is 5.82. The van der Waals surface area contributed by atoms with Crippen LogP contribution in [0.3, 0.4) is 0 Å². The van der Waals surface area contributed by atoms with Gasteiger partial charge in [0.2, 0.25) is 5.91 Å². The summed E-state index contributed by atoms with van der Waals surface area (Å²) >= 11 is 1.92. The second-order valence-electron chi connectivity index (χ2n) is 9.67. The van der Waals surface area contributed by atoms with Gasteiger partial charge in [-0.1, -0.05) is 34.1 Å².